The van der Waals surface area contributed by atoms with Crippen LogP contribution in [0.25, 0.3) is 11.1 Å². The molecule has 0 aliphatic carbocycles. The fraction of sp³-hybridized carbons (Fsp3) is 0.227. The molecule has 30 heavy (non-hydrogen) atoms. The van der Waals surface area contributed by atoms with Crippen LogP contribution in [0, 0.1) is 0 Å². The number of ketones is 1. The Morgan fingerprint density at radius 1 is 1.10 bits per heavy atom. The normalized spacial score (nSPS) is 15.5. The smallest absolute Gasteiger partial charge is 0.243 e. The molecule has 1 saturated heterocycles. The summed E-state index contributed by atoms with van der Waals surface area (Å²) in [6, 6.07) is 14.1. The summed E-state index contributed by atoms with van der Waals surface area (Å²) in [4.78, 5) is 13.5. The zero-order valence-corrected chi connectivity index (χ0v) is 17.9. The van der Waals surface area contributed by atoms with Crippen LogP contribution in [-0.2, 0) is 14.8 Å². The molecular weight excluding hydrogens is 424 g/mol. The number of hydrogen-bond acceptors (Lipinski definition) is 5. The Hall–Kier alpha value is -2.45. The van der Waals surface area contributed by atoms with Crippen molar-refractivity contribution in [3.63, 3.8) is 0 Å². The van der Waals surface area contributed by atoms with Crippen LogP contribution in [0.15, 0.2) is 66.1 Å². The number of rotatable bonds is 7. The maximum absolute atomic E-state index is 13.0. The number of halogens is 1. The number of anilines is 1. The van der Waals surface area contributed by atoms with Gasteiger partial charge in [0.15, 0.2) is 5.78 Å². The number of hydrogen-bond donors (Lipinski definition) is 1. The fourth-order valence-corrected chi connectivity index (χ4v) is 4.81. The van der Waals surface area contributed by atoms with Crippen LogP contribution in [0.5, 0.6) is 0 Å². The Kier molecular flexibility index (Phi) is 7.10. The average molecular weight is 447 g/mol. The molecule has 2 aromatic carbocycles. The molecule has 1 N–H and O–H groups in total. The second kappa shape index (κ2) is 9.57. The highest BCUT2D eigenvalue weighted by Crippen LogP contribution is 2.24. The highest BCUT2D eigenvalue weighted by atomic mass is 35.5. The summed E-state index contributed by atoms with van der Waals surface area (Å²) >= 11 is 5.91. The minimum Gasteiger partial charge on any atom is -0.388 e. The zero-order valence-electron chi connectivity index (χ0n) is 16.4. The van der Waals surface area contributed by atoms with Gasteiger partial charge in [-0.3, -0.25) is 4.79 Å². The molecular formula is C22H23ClN2O4S. The first-order chi connectivity index (χ1) is 14.3. The molecule has 1 aliphatic rings. The van der Waals surface area contributed by atoms with Crippen molar-refractivity contribution in [1.82, 2.24) is 4.31 Å². The average Bonchev–Trinajstić information content (AvgIpc) is 2.77. The van der Waals surface area contributed by atoms with Crippen LogP contribution in [-0.4, -0.2) is 56.4 Å². The van der Waals surface area contributed by atoms with Gasteiger partial charge in [0.25, 0.3) is 0 Å². The van der Waals surface area contributed by atoms with E-state index in [-0.39, 0.29) is 4.90 Å². The second-order valence-corrected chi connectivity index (χ2v) is 9.27. The van der Waals surface area contributed by atoms with Crippen molar-refractivity contribution < 1.29 is 18.3 Å². The van der Waals surface area contributed by atoms with E-state index in [1.165, 1.54) is 22.5 Å². The van der Waals surface area contributed by atoms with Gasteiger partial charge < -0.3 is 10.0 Å². The first-order valence-corrected chi connectivity index (χ1v) is 11.2. The molecule has 3 rings (SSSR count). The molecule has 0 radical (unpaired) electrons. The third kappa shape index (κ3) is 5.17. The predicted octanol–water partition coefficient (Wildman–Crippen LogP) is 2.98. The summed E-state index contributed by atoms with van der Waals surface area (Å²) in [5.74, 6) is -0.442. The van der Waals surface area contributed by atoms with Crippen molar-refractivity contribution >= 4 is 44.2 Å². The molecule has 0 atom stereocenters. The van der Waals surface area contributed by atoms with E-state index in [0.717, 1.165) is 11.3 Å². The molecule has 0 amide bonds. The van der Waals surface area contributed by atoms with Crippen LogP contribution in [0.2, 0.25) is 0 Å². The molecule has 0 bridgehead atoms. The number of aliphatic hydroxyl groups is 1. The Balaban J connectivity index is 1.69. The van der Waals surface area contributed by atoms with Gasteiger partial charge in [-0.05, 0) is 41.5 Å². The quantitative estimate of drug-likeness (QED) is 0.661. The topological polar surface area (TPSA) is 77.9 Å². The Bertz CT molecular complexity index is 1060. The minimum absolute atomic E-state index is 0.180. The van der Waals surface area contributed by atoms with E-state index >= 15 is 0 Å². The van der Waals surface area contributed by atoms with Gasteiger partial charge in [0.05, 0.1) is 4.90 Å². The van der Waals surface area contributed by atoms with Crippen molar-refractivity contribution in [2.45, 2.75) is 4.90 Å². The number of carbonyl (C=O) groups excluding carboxylic acids is 1. The molecule has 0 saturated carbocycles. The summed E-state index contributed by atoms with van der Waals surface area (Å²) in [5, 5.41) is 9.27. The number of benzene rings is 2. The van der Waals surface area contributed by atoms with E-state index in [2.05, 4.69) is 11.5 Å². The first-order valence-electron chi connectivity index (χ1n) is 9.43. The van der Waals surface area contributed by atoms with Crippen molar-refractivity contribution in [2.75, 3.05) is 37.7 Å². The van der Waals surface area contributed by atoms with Gasteiger partial charge in [-0.25, -0.2) is 8.42 Å². The largest absolute Gasteiger partial charge is 0.388 e. The van der Waals surface area contributed by atoms with Crippen molar-refractivity contribution in [1.29, 1.82) is 0 Å². The number of nitrogens with zero attached hydrogens (tertiary/aromatic N) is 2. The van der Waals surface area contributed by atoms with E-state index in [1.54, 1.807) is 18.2 Å². The van der Waals surface area contributed by atoms with Gasteiger partial charge in [-0.1, -0.05) is 48.5 Å². The number of carbonyl (C=O) groups is 1. The van der Waals surface area contributed by atoms with E-state index in [0.29, 0.717) is 36.8 Å². The van der Waals surface area contributed by atoms with Gasteiger partial charge in [0.2, 0.25) is 10.0 Å². The summed E-state index contributed by atoms with van der Waals surface area (Å²) in [6.45, 7) is 5.02. The molecule has 0 aromatic heterocycles. The Labute approximate surface area is 181 Å². The standard InChI is InChI=1S/C22H23ClN2O4S/c1-17(23)19-6-8-20(9-7-19)24-11-13-25(14-12-24)30(28,29)22-4-2-3-18(15-22)5-10-21(27)16-26/h2-10,15,26H,1,11-14,16H2/b10-5+. The van der Waals surface area contributed by atoms with Gasteiger partial charge in [0.1, 0.15) is 6.61 Å². The highest BCUT2D eigenvalue weighted by molar-refractivity contribution is 7.89. The SMILES string of the molecule is C=C(Cl)c1ccc(N2CCN(S(=O)(=O)c3cccc(/C=C/C(=O)CO)c3)CC2)cc1. The maximum atomic E-state index is 13.0. The number of piperazine rings is 1. The lowest BCUT2D eigenvalue weighted by atomic mass is 10.2. The van der Waals surface area contributed by atoms with E-state index < -0.39 is 22.4 Å². The van der Waals surface area contributed by atoms with Gasteiger partial charge >= 0.3 is 0 Å². The maximum Gasteiger partial charge on any atom is 0.243 e. The summed E-state index contributed by atoms with van der Waals surface area (Å²) < 4.78 is 27.6. The van der Waals surface area contributed by atoms with Crippen LogP contribution in [0.3, 0.4) is 0 Å². The molecule has 1 fully saturated rings. The first kappa shape index (κ1) is 22.2. The molecule has 1 aliphatic heterocycles. The molecule has 1 heterocycles. The van der Waals surface area contributed by atoms with Gasteiger partial charge in [-0.15, -0.1) is 0 Å². The predicted molar refractivity (Wildman–Crippen MR) is 120 cm³/mol. The lowest BCUT2D eigenvalue weighted by molar-refractivity contribution is -0.117. The summed E-state index contributed by atoms with van der Waals surface area (Å²) in [7, 11) is -3.64. The molecule has 0 unspecified atom stereocenters. The fourth-order valence-electron chi connectivity index (χ4n) is 3.21. The Morgan fingerprint density at radius 2 is 1.77 bits per heavy atom. The summed E-state index contributed by atoms with van der Waals surface area (Å²) in [5.41, 5.74) is 2.45. The molecule has 8 heteroatoms. The number of sulfonamides is 1. The van der Waals surface area contributed by atoms with Crippen molar-refractivity contribution in [3.05, 3.63) is 72.3 Å². The van der Waals surface area contributed by atoms with Crippen LogP contribution < -0.4 is 4.90 Å². The van der Waals surface area contributed by atoms with Gasteiger partial charge in [0, 0.05) is 36.9 Å². The molecule has 2 aromatic rings. The van der Waals surface area contributed by atoms with E-state index in [1.807, 2.05) is 24.3 Å². The number of aliphatic hydroxyl groups excluding tert-OH is 1. The highest BCUT2D eigenvalue weighted by Gasteiger charge is 2.28. The molecule has 0 spiro atoms. The summed E-state index contributed by atoms with van der Waals surface area (Å²) in [6.07, 6.45) is 2.73. The second-order valence-electron chi connectivity index (χ2n) is 6.87. The lowest BCUT2D eigenvalue weighted by Crippen LogP contribution is -2.48. The third-order valence-corrected chi connectivity index (χ3v) is 7.01. The lowest BCUT2D eigenvalue weighted by Gasteiger charge is -2.35. The van der Waals surface area contributed by atoms with Crippen molar-refractivity contribution in [3.8, 4) is 0 Å². The van der Waals surface area contributed by atoms with Gasteiger partial charge in [-0.2, -0.15) is 4.31 Å². The van der Waals surface area contributed by atoms with Crippen LogP contribution in [0.1, 0.15) is 11.1 Å². The van der Waals surface area contributed by atoms with Crippen LogP contribution >= 0.6 is 11.6 Å². The van der Waals surface area contributed by atoms with E-state index in [9.17, 15) is 13.2 Å². The zero-order chi connectivity index (χ0) is 21.7. The van der Waals surface area contributed by atoms with E-state index in [4.69, 9.17) is 16.7 Å². The monoisotopic (exact) mass is 446 g/mol. The minimum atomic E-state index is -3.64. The van der Waals surface area contributed by atoms with Crippen LogP contribution in [0.4, 0.5) is 5.69 Å². The Morgan fingerprint density at radius 3 is 2.37 bits per heavy atom. The third-order valence-electron chi connectivity index (χ3n) is 4.90. The molecule has 158 valence electrons. The molecule has 6 nitrogen and oxygen atoms in total. The van der Waals surface area contributed by atoms with Crippen molar-refractivity contribution in [2.24, 2.45) is 0 Å².